The smallest absolute Gasteiger partial charge is 0.261 e. The van der Waals surface area contributed by atoms with Crippen molar-refractivity contribution in [1.82, 2.24) is 9.97 Å². The van der Waals surface area contributed by atoms with Crippen LogP contribution < -0.4 is 0 Å². The Labute approximate surface area is 114 Å². The summed E-state index contributed by atoms with van der Waals surface area (Å²) in [4.78, 5) is 8.36. The molecular weight excluding hydrogens is 265 g/mol. The lowest BCUT2D eigenvalue weighted by Crippen LogP contribution is -2.28. The number of hydrogen-bond acceptors (Lipinski definition) is 2. The Morgan fingerprint density at radius 1 is 1.05 bits per heavy atom. The Morgan fingerprint density at radius 2 is 1.70 bits per heavy atom. The number of aromatic nitrogens is 2. The summed E-state index contributed by atoms with van der Waals surface area (Å²) in [5, 5.41) is 0. The standard InChI is InChI=1S/C15H13F3N2/c1-10-8-19-9-13(20-10)11-2-4-12(5-3-11)14(6-7-14)15(16,17)18/h2-5,8-9H,6-7H2,1H3. The summed E-state index contributed by atoms with van der Waals surface area (Å²) >= 11 is 0. The van der Waals surface area contributed by atoms with Crippen molar-refractivity contribution in [3.8, 4) is 11.3 Å². The predicted octanol–water partition coefficient (Wildman–Crippen LogP) is 4.05. The van der Waals surface area contributed by atoms with Gasteiger partial charge >= 0.3 is 6.18 Å². The molecule has 0 radical (unpaired) electrons. The normalized spacial score (nSPS) is 17.0. The zero-order valence-corrected chi connectivity index (χ0v) is 10.9. The molecule has 0 amide bonds. The molecule has 1 heterocycles. The molecule has 1 aromatic heterocycles. The number of alkyl halides is 3. The fourth-order valence-corrected chi connectivity index (χ4v) is 2.42. The summed E-state index contributed by atoms with van der Waals surface area (Å²) in [7, 11) is 0. The van der Waals surface area contributed by atoms with Crippen LogP contribution in [-0.2, 0) is 5.41 Å². The molecule has 1 saturated carbocycles. The number of nitrogens with zero attached hydrogens (tertiary/aromatic N) is 2. The van der Waals surface area contributed by atoms with Crippen molar-refractivity contribution in [2.75, 3.05) is 0 Å². The minimum Gasteiger partial charge on any atom is -0.261 e. The molecule has 1 aromatic carbocycles. The average molecular weight is 278 g/mol. The van der Waals surface area contributed by atoms with Gasteiger partial charge in [-0.3, -0.25) is 4.98 Å². The first-order valence-electron chi connectivity index (χ1n) is 6.39. The third-order valence-corrected chi connectivity index (χ3v) is 3.78. The van der Waals surface area contributed by atoms with E-state index in [-0.39, 0.29) is 12.8 Å². The Hall–Kier alpha value is -1.91. The highest BCUT2D eigenvalue weighted by Gasteiger charge is 2.64. The molecule has 2 aromatic rings. The molecule has 1 aliphatic rings. The summed E-state index contributed by atoms with van der Waals surface area (Å²) in [6.07, 6.45) is -0.558. The van der Waals surface area contributed by atoms with E-state index in [4.69, 9.17) is 0 Å². The first-order chi connectivity index (χ1) is 9.42. The van der Waals surface area contributed by atoms with Crippen LogP contribution in [0.4, 0.5) is 13.2 Å². The summed E-state index contributed by atoms with van der Waals surface area (Å²) in [6, 6.07) is 6.48. The Bertz CT molecular complexity index is 628. The monoisotopic (exact) mass is 278 g/mol. The molecule has 0 unspecified atom stereocenters. The summed E-state index contributed by atoms with van der Waals surface area (Å²) in [5.41, 5.74) is 0.954. The minimum atomic E-state index is -4.17. The highest BCUT2D eigenvalue weighted by atomic mass is 19.4. The molecule has 0 spiro atoms. The van der Waals surface area contributed by atoms with Crippen LogP contribution >= 0.6 is 0 Å². The highest BCUT2D eigenvalue weighted by Crippen LogP contribution is 2.58. The molecule has 0 N–H and O–H groups in total. The van der Waals surface area contributed by atoms with Crippen LogP contribution in [0.15, 0.2) is 36.7 Å². The van der Waals surface area contributed by atoms with E-state index < -0.39 is 11.6 Å². The first-order valence-corrected chi connectivity index (χ1v) is 6.39. The van der Waals surface area contributed by atoms with Crippen LogP contribution in [0.1, 0.15) is 24.1 Å². The van der Waals surface area contributed by atoms with Gasteiger partial charge in [-0.2, -0.15) is 13.2 Å². The van der Waals surface area contributed by atoms with Gasteiger partial charge in [-0.15, -0.1) is 0 Å². The average Bonchev–Trinajstić information content (AvgIpc) is 3.20. The molecule has 0 atom stereocenters. The van der Waals surface area contributed by atoms with E-state index in [2.05, 4.69) is 9.97 Å². The molecule has 0 aliphatic heterocycles. The van der Waals surface area contributed by atoms with Gasteiger partial charge in [0.25, 0.3) is 0 Å². The number of halogens is 3. The van der Waals surface area contributed by atoms with Crippen molar-refractivity contribution in [3.63, 3.8) is 0 Å². The second-order valence-electron chi connectivity index (χ2n) is 5.20. The predicted molar refractivity (Wildman–Crippen MR) is 69.2 cm³/mol. The van der Waals surface area contributed by atoms with Gasteiger partial charge in [0.15, 0.2) is 0 Å². The van der Waals surface area contributed by atoms with Crippen LogP contribution in [-0.4, -0.2) is 16.1 Å². The van der Waals surface area contributed by atoms with Crippen molar-refractivity contribution in [1.29, 1.82) is 0 Å². The van der Waals surface area contributed by atoms with Gasteiger partial charge in [-0.05, 0) is 25.3 Å². The topological polar surface area (TPSA) is 25.8 Å². The van der Waals surface area contributed by atoms with Gasteiger partial charge in [0.05, 0.1) is 23.0 Å². The molecule has 5 heteroatoms. The molecule has 3 rings (SSSR count). The van der Waals surface area contributed by atoms with Crippen molar-refractivity contribution in [2.24, 2.45) is 0 Å². The van der Waals surface area contributed by atoms with E-state index in [1.54, 1.807) is 36.7 Å². The van der Waals surface area contributed by atoms with Crippen LogP contribution in [0.5, 0.6) is 0 Å². The van der Waals surface area contributed by atoms with Crippen LogP contribution in [0.3, 0.4) is 0 Å². The van der Waals surface area contributed by atoms with Crippen LogP contribution in [0.2, 0.25) is 0 Å². The van der Waals surface area contributed by atoms with Gasteiger partial charge in [-0.25, -0.2) is 4.98 Å². The third-order valence-electron chi connectivity index (χ3n) is 3.78. The third kappa shape index (κ3) is 2.07. The van der Waals surface area contributed by atoms with Crippen molar-refractivity contribution in [3.05, 3.63) is 47.9 Å². The zero-order chi connectivity index (χ0) is 14.4. The van der Waals surface area contributed by atoms with Gasteiger partial charge in [-0.1, -0.05) is 24.3 Å². The fourth-order valence-electron chi connectivity index (χ4n) is 2.42. The van der Waals surface area contributed by atoms with Gasteiger partial charge in [0.1, 0.15) is 0 Å². The number of aryl methyl sites for hydroxylation is 1. The molecular formula is C15H13F3N2. The highest BCUT2D eigenvalue weighted by molar-refractivity contribution is 5.59. The van der Waals surface area contributed by atoms with E-state index in [0.29, 0.717) is 11.3 Å². The summed E-state index contributed by atoms with van der Waals surface area (Å²) in [6.45, 7) is 1.83. The van der Waals surface area contributed by atoms with Crippen LogP contribution in [0.25, 0.3) is 11.3 Å². The maximum atomic E-state index is 13.0. The SMILES string of the molecule is Cc1cncc(-c2ccc(C3(C(F)(F)F)CC3)cc2)n1. The molecule has 104 valence electrons. The molecule has 1 aliphatic carbocycles. The Kier molecular flexibility index (Phi) is 2.81. The van der Waals surface area contributed by atoms with Gasteiger partial charge in [0, 0.05) is 11.8 Å². The molecule has 1 fully saturated rings. The van der Waals surface area contributed by atoms with Crippen molar-refractivity contribution >= 4 is 0 Å². The fraction of sp³-hybridized carbons (Fsp3) is 0.333. The van der Waals surface area contributed by atoms with Crippen molar-refractivity contribution in [2.45, 2.75) is 31.4 Å². The lowest BCUT2D eigenvalue weighted by molar-refractivity contribution is -0.160. The van der Waals surface area contributed by atoms with Crippen LogP contribution in [0, 0.1) is 6.92 Å². The number of benzene rings is 1. The Balaban J connectivity index is 1.93. The van der Waals surface area contributed by atoms with Gasteiger partial charge in [0.2, 0.25) is 0 Å². The Morgan fingerprint density at radius 3 is 2.20 bits per heavy atom. The molecule has 20 heavy (non-hydrogen) atoms. The molecule has 0 bridgehead atoms. The van der Waals surface area contributed by atoms with E-state index in [1.807, 2.05) is 6.92 Å². The number of hydrogen-bond donors (Lipinski definition) is 0. The van der Waals surface area contributed by atoms with E-state index in [9.17, 15) is 13.2 Å². The second kappa shape index (κ2) is 4.30. The molecule has 0 saturated heterocycles. The zero-order valence-electron chi connectivity index (χ0n) is 10.9. The van der Waals surface area contributed by atoms with E-state index in [0.717, 1.165) is 11.3 Å². The van der Waals surface area contributed by atoms with E-state index >= 15 is 0 Å². The minimum absolute atomic E-state index is 0.181. The maximum absolute atomic E-state index is 13.0. The number of rotatable bonds is 2. The maximum Gasteiger partial charge on any atom is 0.398 e. The summed E-state index contributed by atoms with van der Waals surface area (Å²) in [5.74, 6) is 0. The lowest BCUT2D eigenvalue weighted by atomic mass is 9.94. The first kappa shape index (κ1) is 13.1. The largest absolute Gasteiger partial charge is 0.398 e. The lowest BCUT2D eigenvalue weighted by Gasteiger charge is -2.19. The molecule has 2 nitrogen and oxygen atoms in total. The summed E-state index contributed by atoms with van der Waals surface area (Å²) < 4.78 is 39.1. The quantitative estimate of drug-likeness (QED) is 0.828. The van der Waals surface area contributed by atoms with Crippen molar-refractivity contribution < 1.29 is 13.2 Å². The van der Waals surface area contributed by atoms with Gasteiger partial charge < -0.3 is 0 Å². The van der Waals surface area contributed by atoms with E-state index in [1.165, 1.54) is 0 Å². The second-order valence-corrected chi connectivity index (χ2v) is 5.20.